The van der Waals surface area contributed by atoms with E-state index in [1.165, 1.54) is 0 Å². The van der Waals surface area contributed by atoms with Crippen LogP contribution in [0.5, 0.6) is 0 Å². The van der Waals surface area contributed by atoms with Crippen LogP contribution in [0.15, 0.2) is 59.5 Å². The minimum Gasteiger partial charge on any atom is -0.377 e. The summed E-state index contributed by atoms with van der Waals surface area (Å²) in [5, 5.41) is 0. The van der Waals surface area contributed by atoms with Crippen LogP contribution >= 0.6 is 0 Å². The third-order valence-corrected chi connectivity index (χ3v) is 5.51. The van der Waals surface area contributed by atoms with Crippen LogP contribution in [0.2, 0.25) is 0 Å². The molecule has 2 aromatic carbocycles. The lowest BCUT2D eigenvalue weighted by Crippen LogP contribution is -2.34. The van der Waals surface area contributed by atoms with Gasteiger partial charge >= 0.3 is 0 Å². The maximum absolute atomic E-state index is 12.5. The van der Waals surface area contributed by atoms with Gasteiger partial charge in [-0.05, 0) is 37.5 Å². The molecule has 0 radical (unpaired) electrons. The van der Waals surface area contributed by atoms with E-state index in [-0.39, 0.29) is 10.9 Å². The summed E-state index contributed by atoms with van der Waals surface area (Å²) < 4.78 is 33.3. The van der Waals surface area contributed by atoms with Gasteiger partial charge < -0.3 is 4.74 Å². The van der Waals surface area contributed by atoms with Crippen LogP contribution in [-0.2, 0) is 21.4 Å². The maximum atomic E-state index is 12.5. The topological polar surface area (TPSA) is 55.4 Å². The van der Waals surface area contributed by atoms with E-state index < -0.39 is 10.0 Å². The molecule has 2 aromatic rings. The molecule has 0 amide bonds. The number of terminal acetylenes is 1. The molecular weight excluding hydrogens is 346 g/mol. The summed E-state index contributed by atoms with van der Waals surface area (Å²) in [6, 6.07) is 16.4. The van der Waals surface area contributed by atoms with E-state index in [1.54, 1.807) is 24.3 Å². The van der Waals surface area contributed by atoms with Crippen LogP contribution in [0, 0.1) is 19.3 Å². The lowest BCUT2D eigenvalue weighted by molar-refractivity contribution is 0.115. The van der Waals surface area contributed by atoms with Gasteiger partial charge in [0.1, 0.15) is 0 Å². The van der Waals surface area contributed by atoms with Crippen LogP contribution in [0.1, 0.15) is 30.4 Å². The number of rotatable bonds is 10. The van der Waals surface area contributed by atoms with E-state index in [0.717, 1.165) is 17.5 Å². The second kappa shape index (κ2) is 10.1. The van der Waals surface area contributed by atoms with Gasteiger partial charge in [0.05, 0.1) is 11.5 Å². The maximum Gasteiger partial charge on any atom is 0.240 e. The van der Waals surface area contributed by atoms with Crippen molar-refractivity contribution in [1.29, 1.82) is 0 Å². The first-order chi connectivity index (χ1) is 12.5. The Morgan fingerprint density at radius 3 is 2.46 bits per heavy atom. The molecule has 0 aliphatic carbocycles. The highest BCUT2D eigenvalue weighted by atomic mass is 32.2. The quantitative estimate of drug-likeness (QED) is 0.512. The van der Waals surface area contributed by atoms with E-state index in [0.29, 0.717) is 26.1 Å². The first-order valence-electron chi connectivity index (χ1n) is 8.65. The summed E-state index contributed by atoms with van der Waals surface area (Å²) in [5.41, 5.74) is 2.13. The molecule has 0 aliphatic rings. The Labute approximate surface area is 156 Å². The minimum absolute atomic E-state index is 0.255. The number of hydrogen-bond donors (Lipinski definition) is 1. The molecular formula is C21H25NO3S. The first kappa shape index (κ1) is 20.2. The van der Waals surface area contributed by atoms with E-state index in [9.17, 15) is 8.42 Å². The third kappa shape index (κ3) is 6.64. The summed E-state index contributed by atoms with van der Waals surface area (Å²) in [6.07, 6.45) is 7.11. The fourth-order valence-electron chi connectivity index (χ4n) is 2.55. The average Bonchev–Trinajstić information content (AvgIpc) is 2.62. The predicted octanol–water partition coefficient (Wildman–Crippen LogP) is 3.66. The van der Waals surface area contributed by atoms with Gasteiger partial charge in [0.25, 0.3) is 0 Å². The smallest absolute Gasteiger partial charge is 0.240 e. The lowest BCUT2D eigenvalue weighted by Gasteiger charge is -2.17. The molecule has 4 nitrogen and oxygen atoms in total. The summed E-state index contributed by atoms with van der Waals surface area (Å²) in [7, 11) is -3.57. The summed E-state index contributed by atoms with van der Waals surface area (Å²) in [5.74, 6) is 2.55. The van der Waals surface area contributed by atoms with Gasteiger partial charge in [-0.1, -0.05) is 48.0 Å². The zero-order chi connectivity index (χ0) is 18.8. The number of ether oxygens (including phenoxy) is 1. The van der Waals surface area contributed by atoms with Gasteiger partial charge in [-0.3, -0.25) is 0 Å². The van der Waals surface area contributed by atoms with Crippen LogP contribution in [0.3, 0.4) is 0 Å². The molecule has 1 unspecified atom stereocenters. The number of aryl methyl sites for hydroxylation is 1. The molecule has 0 aliphatic heterocycles. The second-order valence-electron chi connectivity index (χ2n) is 6.22. The van der Waals surface area contributed by atoms with Gasteiger partial charge in [-0.2, -0.15) is 0 Å². The highest BCUT2D eigenvalue weighted by Crippen LogP contribution is 2.13. The van der Waals surface area contributed by atoms with Crippen molar-refractivity contribution >= 4 is 10.0 Å². The van der Waals surface area contributed by atoms with E-state index in [4.69, 9.17) is 11.2 Å². The Hall–Kier alpha value is -2.13. The molecule has 0 saturated heterocycles. The Morgan fingerprint density at radius 2 is 1.81 bits per heavy atom. The highest BCUT2D eigenvalue weighted by Gasteiger charge is 2.19. The van der Waals surface area contributed by atoms with Crippen molar-refractivity contribution in [3.8, 4) is 12.3 Å². The van der Waals surface area contributed by atoms with Crippen molar-refractivity contribution in [2.24, 2.45) is 0 Å². The Balaban J connectivity index is 1.82. The zero-order valence-electron chi connectivity index (χ0n) is 15.0. The van der Waals surface area contributed by atoms with Crippen LogP contribution in [0.25, 0.3) is 0 Å². The fraction of sp³-hybridized carbons (Fsp3) is 0.333. The van der Waals surface area contributed by atoms with Crippen molar-refractivity contribution in [2.75, 3.05) is 6.61 Å². The Bertz CT molecular complexity index is 809. The van der Waals surface area contributed by atoms with Crippen molar-refractivity contribution < 1.29 is 13.2 Å². The minimum atomic E-state index is -3.57. The standard InChI is InChI=1S/C21H25NO3S/c1-3-8-20(11-7-16-25-17-19-9-5-4-6-10-19)22-26(23,24)21-14-12-18(2)13-15-21/h1,4-6,9-10,12-15,20,22H,7-8,11,16-17H2,2H3. The molecule has 1 N–H and O–H groups in total. The van der Waals surface area contributed by atoms with Gasteiger partial charge in [0.15, 0.2) is 0 Å². The molecule has 26 heavy (non-hydrogen) atoms. The summed E-state index contributed by atoms with van der Waals surface area (Å²) in [4.78, 5) is 0.255. The number of benzene rings is 2. The molecule has 0 fully saturated rings. The normalized spacial score (nSPS) is 12.5. The van der Waals surface area contributed by atoms with Gasteiger partial charge in [-0.25, -0.2) is 13.1 Å². The number of hydrogen-bond acceptors (Lipinski definition) is 3. The fourth-order valence-corrected chi connectivity index (χ4v) is 3.82. The molecule has 2 rings (SSSR count). The van der Waals surface area contributed by atoms with Crippen molar-refractivity contribution in [2.45, 2.75) is 43.7 Å². The molecule has 5 heteroatoms. The molecule has 0 saturated carbocycles. The van der Waals surface area contributed by atoms with Crippen LogP contribution < -0.4 is 4.72 Å². The van der Waals surface area contributed by atoms with E-state index >= 15 is 0 Å². The van der Waals surface area contributed by atoms with Gasteiger partial charge in [0.2, 0.25) is 10.0 Å². The Kier molecular flexibility index (Phi) is 7.86. The van der Waals surface area contributed by atoms with Crippen LogP contribution in [-0.4, -0.2) is 21.1 Å². The third-order valence-electron chi connectivity index (χ3n) is 3.97. The molecule has 0 aromatic heterocycles. The van der Waals surface area contributed by atoms with E-state index in [2.05, 4.69) is 10.6 Å². The van der Waals surface area contributed by atoms with Crippen molar-refractivity contribution in [3.05, 3.63) is 65.7 Å². The molecule has 0 spiro atoms. The van der Waals surface area contributed by atoms with Crippen LogP contribution in [0.4, 0.5) is 0 Å². The van der Waals surface area contributed by atoms with E-state index in [1.807, 2.05) is 37.3 Å². The monoisotopic (exact) mass is 371 g/mol. The Morgan fingerprint density at radius 1 is 1.12 bits per heavy atom. The summed E-state index contributed by atoms with van der Waals surface area (Å²) >= 11 is 0. The molecule has 138 valence electrons. The average molecular weight is 372 g/mol. The lowest BCUT2D eigenvalue weighted by atomic mass is 10.1. The van der Waals surface area contributed by atoms with Crippen molar-refractivity contribution in [1.82, 2.24) is 4.72 Å². The predicted molar refractivity (Wildman–Crippen MR) is 104 cm³/mol. The molecule has 0 heterocycles. The molecule has 0 bridgehead atoms. The second-order valence-corrected chi connectivity index (χ2v) is 7.93. The zero-order valence-corrected chi connectivity index (χ0v) is 15.8. The molecule has 1 atom stereocenters. The largest absolute Gasteiger partial charge is 0.377 e. The SMILES string of the molecule is C#CCC(CCCOCc1ccccc1)NS(=O)(=O)c1ccc(C)cc1. The number of nitrogens with one attached hydrogen (secondary N) is 1. The summed E-state index contributed by atoms with van der Waals surface area (Å²) in [6.45, 7) is 3.03. The number of sulfonamides is 1. The van der Waals surface area contributed by atoms with Gasteiger partial charge in [-0.15, -0.1) is 12.3 Å². The first-order valence-corrected chi connectivity index (χ1v) is 10.1. The van der Waals surface area contributed by atoms with Crippen molar-refractivity contribution in [3.63, 3.8) is 0 Å². The van der Waals surface area contributed by atoms with Gasteiger partial charge in [0, 0.05) is 19.1 Å². The highest BCUT2D eigenvalue weighted by molar-refractivity contribution is 7.89.